The van der Waals surface area contributed by atoms with E-state index >= 15 is 0 Å². The fraction of sp³-hybridized carbons (Fsp3) is 0.545. The van der Waals surface area contributed by atoms with Crippen molar-refractivity contribution in [3.8, 4) is 0 Å². The molecule has 2 heterocycles. The van der Waals surface area contributed by atoms with Crippen molar-refractivity contribution in [2.24, 2.45) is 0 Å². The first kappa shape index (κ1) is 13.0. The van der Waals surface area contributed by atoms with Crippen LogP contribution in [0, 0.1) is 10.1 Å². The molecule has 0 radical (unpaired) electrons. The quantitative estimate of drug-likeness (QED) is 0.507. The van der Waals surface area contributed by atoms with E-state index in [1.165, 1.54) is 0 Å². The number of nitrogens with zero attached hydrogens (tertiary/aromatic N) is 2. The van der Waals surface area contributed by atoms with Gasteiger partial charge in [0.25, 0.3) is 5.43 Å². The van der Waals surface area contributed by atoms with Crippen LogP contribution in [0.1, 0.15) is 31.0 Å². The molecular formula is C11H14ClN3O3. The Kier molecular flexibility index (Phi) is 3.68. The third kappa shape index (κ3) is 2.39. The third-order valence-electron chi connectivity index (χ3n) is 3.29. The molecule has 0 saturated carbocycles. The van der Waals surface area contributed by atoms with Gasteiger partial charge in [-0.25, -0.2) is 0 Å². The summed E-state index contributed by atoms with van der Waals surface area (Å²) in [5.74, 6) is 0. The minimum absolute atomic E-state index is 0.138. The molecule has 1 aromatic heterocycles. The Morgan fingerprint density at radius 3 is 2.89 bits per heavy atom. The van der Waals surface area contributed by atoms with Gasteiger partial charge in [0, 0.05) is 6.07 Å². The van der Waals surface area contributed by atoms with E-state index in [4.69, 9.17) is 11.6 Å². The minimum Gasteiger partial charge on any atom is -0.342 e. The van der Waals surface area contributed by atoms with Crippen LogP contribution in [0.5, 0.6) is 0 Å². The van der Waals surface area contributed by atoms with Gasteiger partial charge < -0.3 is 4.98 Å². The number of nitrogens with one attached hydrogen (secondary N) is 1. The maximum Gasteiger partial charge on any atom is 0.337 e. The van der Waals surface area contributed by atoms with Gasteiger partial charge in [0.05, 0.1) is 11.0 Å². The first-order chi connectivity index (χ1) is 8.50. The molecule has 1 aromatic rings. The van der Waals surface area contributed by atoms with E-state index in [1.54, 1.807) is 0 Å². The second-order valence-electron chi connectivity index (χ2n) is 4.49. The van der Waals surface area contributed by atoms with Crippen LogP contribution in [0.2, 0.25) is 5.15 Å². The van der Waals surface area contributed by atoms with Crippen molar-refractivity contribution in [1.82, 2.24) is 9.88 Å². The molecule has 0 bridgehead atoms. The van der Waals surface area contributed by atoms with Crippen LogP contribution < -0.4 is 5.43 Å². The highest BCUT2D eigenvalue weighted by atomic mass is 35.5. The highest BCUT2D eigenvalue weighted by Gasteiger charge is 2.30. The number of piperidine rings is 1. The number of pyridine rings is 1. The number of likely N-dealkylation sites (tertiary alicyclic amines) is 1. The zero-order valence-corrected chi connectivity index (χ0v) is 10.7. The van der Waals surface area contributed by atoms with Crippen LogP contribution in [-0.2, 0) is 0 Å². The molecule has 1 atom stereocenters. The Labute approximate surface area is 109 Å². The first-order valence-corrected chi connectivity index (χ1v) is 6.16. The van der Waals surface area contributed by atoms with E-state index in [1.807, 2.05) is 11.9 Å². The van der Waals surface area contributed by atoms with Gasteiger partial charge in [-0.05, 0) is 26.4 Å². The molecule has 1 fully saturated rings. The van der Waals surface area contributed by atoms with Crippen molar-refractivity contribution in [3.05, 3.63) is 37.3 Å². The van der Waals surface area contributed by atoms with Gasteiger partial charge in [0.1, 0.15) is 10.8 Å². The topological polar surface area (TPSA) is 79.2 Å². The molecule has 1 saturated heterocycles. The molecular weight excluding hydrogens is 258 g/mol. The van der Waals surface area contributed by atoms with Gasteiger partial charge >= 0.3 is 5.69 Å². The molecule has 0 aliphatic carbocycles. The van der Waals surface area contributed by atoms with Crippen molar-refractivity contribution in [2.75, 3.05) is 13.6 Å². The largest absolute Gasteiger partial charge is 0.342 e. The molecule has 0 spiro atoms. The van der Waals surface area contributed by atoms with Gasteiger partial charge in [-0.15, -0.1) is 0 Å². The summed E-state index contributed by atoms with van der Waals surface area (Å²) >= 11 is 5.80. The molecule has 98 valence electrons. The summed E-state index contributed by atoms with van der Waals surface area (Å²) in [6, 6.07) is 0.900. The fourth-order valence-corrected chi connectivity index (χ4v) is 2.61. The van der Waals surface area contributed by atoms with Crippen molar-refractivity contribution < 1.29 is 4.92 Å². The first-order valence-electron chi connectivity index (χ1n) is 5.78. The molecule has 6 nitrogen and oxygen atoms in total. The summed E-state index contributed by atoms with van der Waals surface area (Å²) in [5, 5.41) is 11.2. The second-order valence-corrected chi connectivity index (χ2v) is 4.90. The third-order valence-corrected chi connectivity index (χ3v) is 3.49. The van der Waals surface area contributed by atoms with E-state index in [0.29, 0.717) is 5.69 Å². The van der Waals surface area contributed by atoms with Crippen molar-refractivity contribution >= 4 is 17.3 Å². The Bertz CT molecular complexity index is 529. The highest BCUT2D eigenvalue weighted by molar-refractivity contribution is 6.29. The van der Waals surface area contributed by atoms with Crippen molar-refractivity contribution in [1.29, 1.82) is 0 Å². The lowest BCUT2D eigenvalue weighted by atomic mass is 9.98. The maximum absolute atomic E-state index is 11.7. The van der Waals surface area contributed by atoms with Gasteiger partial charge in [-0.1, -0.05) is 18.0 Å². The zero-order chi connectivity index (χ0) is 13.3. The molecule has 18 heavy (non-hydrogen) atoms. The summed E-state index contributed by atoms with van der Waals surface area (Å²) in [6.45, 7) is 0.858. The lowest BCUT2D eigenvalue weighted by molar-refractivity contribution is -0.387. The Hall–Kier alpha value is -1.40. The predicted molar refractivity (Wildman–Crippen MR) is 67.9 cm³/mol. The highest BCUT2D eigenvalue weighted by Crippen LogP contribution is 2.32. The van der Waals surface area contributed by atoms with Gasteiger partial charge in [-0.2, -0.15) is 0 Å². The number of nitro groups is 1. The van der Waals surface area contributed by atoms with Crippen molar-refractivity contribution in [2.45, 2.75) is 25.3 Å². The molecule has 0 aromatic carbocycles. The lowest BCUT2D eigenvalue weighted by Crippen LogP contribution is -2.31. The average Bonchev–Trinajstić information content (AvgIpc) is 2.27. The number of H-pyrrole nitrogens is 1. The summed E-state index contributed by atoms with van der Waals surface area (Å²) in [6.07, 6.45) is 2.83. The standard InChI is InChI=1S/C11H14ClN3O3/c1-14-5-3-2-4-7(14)10-11(15(17)18)8(16)6-9(12)13-10/h6-7H,2-5H2,1H3,(H,13,16). The van der Waals surface area contributed by atoms with Gasteiger partial charge in [-0.3, -0.25) is 19.8 Å². The molecule has 0 amide bonds. The summed E-state index contributed by atoms with van der Waals surface area (Å²) < 4.78 is 0. The van der Waals surface area contributed by atoms with Crippen LogP contribution in [0.25, 0.3) is 0 Å². The summed E-state index contributed by atoms with van der Waals surface area (Å²) in [5.41, 5.74) is -0.712. The van der Waals surface area contributed by atoms with Gasteiger partial charge in [0.15, 0.2) is 0 Å². The molecule has 1 unspecified atom stereocenters. The monoisotopic (exact) mass is 271 g/mol. The normalized spacial score (nSPS) is 20.9. The zero-order valence-electron chi connectivity index (χ0n) is 9.98. The van der Waals surface area contributed by atoms with E-state index in [9.17, 15) is 14.9 Å². The molecule has 1 aliphatic heterocycles. The number of halogens is 1. The van der Waals surface area contributed by atoms with Crippen LogP contribution >= 0.6 is 11.6 Å². The van der Waals surface area contributed by atoms with Crippen LogP contribution in [-0.4, -0.2) is 28.4 Å². The van der Waals surface area contributed by atoms with Gasteiger partial charge in [0.2, 0.25) is 0 Å². The number of aromatic nitrogens is 1. The average molecular weight is 272 g/mol. The van der Waals surface area contributed by atoms with Crippen LogP contribution in [0.3, 0.4) is 0 Å². The molecule has 7 heteroatoms. The fourth-order valence-electron chi connectivity index (χ4n) is 2.41. The number of hydrogen-bond donors (Lipinski definition) is 1. The SMILES string of the molecule is CN1CCCCC1c1[nH]c(Cl)cc(=O)c1[N+](=O)[O-]. The van der Waals surface area contributed by atoms with E-state index in [0.717, 1.165) is 31.9 Å². The summed E-state index contributed by atoms with van der Waals surface area (Å²) in [4.78, 5) is 26.9. The Morgan fingerprint density at radius 1 is 1.56 bits per heavy atom. The minimum atomic E-state index is -0.641. The number of hydrogen-bond acceptors (Lipinski definition) is 4. The Balaban J connectivity index is 2.54. The maximum atomic E-state index is 11.7. The smallest absolute Gasteiger partial charge is 0.337 e. The van der Waals surface area contributed by atoms with E-state index in [2.05, 4.69) is 4.98 Å². The number of rotatable bonds is 2. The van der Waals surface area contributed by atoms with Crippen LogP contribution in [0.15, 0.2) is 10.9 Å². The molecule has 2 rings (SSSR count). The molecule has 1 N–H and O–H groups in total. The number of aromatic amines is 1. The second kappa shape index (κ2) is 5.07. The van der Waals surface area contributed by atoms with Crippen molar-refractivity contribution in [3.63, 3.8) is 0 Å². The lowest BCUT2D eigenvalue weighted by Gasteiger charge is -2.31. The summed E-state index contributed by atoms with van der Waals surface area (Å²) in [7, 11) is 1.90. The van der Waals surface area contributed by atoms with E-state index < -0.39 is 16.0 Å². The Morgan fingerprint density at radius 2 is 2.28 bits per heavy atom. The predicted octanol–water partition coefficient (Wildman–Crippen LogP) is 2.09. The van der Waals surface area contributed by atoms with Crippen LogP contribution in [0.4, 0.5) is 5.69 Å². The molecule has 1 aliphatic rings. The van der Waals surface area contributed by atoms with E-state index in [-0.39, 0.29) is 11.2 Å².